The van der Waals surface area contributed by atoms with Gasteiger partial charge in [0.15, 0.2) is 9.84 Å². The van der Waals surface area contributed by atoms with Crippen molar-refractivity contribution < 1.29 is 13.2 Å². The second-order valence-electron chi connectivity index (χ2n) is 6.37. The highest BCUT2D eigenvalue weighted by Crippen LogP contribution is 2.30. The van der Waals surface area contributed by atoms with Gasteiger partial charge in [-0.05, 0) is 42.9 Å². The molecule has 5 nitrogen and oxygen atoms in total. The van der Waals surface area contributed by atoms with Crippen molar-refractivity contribution in [3.8, 4) is 5.75 Å². The molecule has 1 aromatic rings. The Morgan fingerprint density at radius 1 is 1.36 bits per heavy atom. The van der Waals surface area contributed by atoms with Crippen molar-refractivity contribution in [2.45, 2.75) is 25.9 Å². The van der Waals surface area contributed by atoms with Crippen LogP contribution in [0, 0.1) is 0 Å². The van der Waals surface area contributed by atoms with Crippen LogP contribution in [-0.2, 0) is 16.4 Å². The number of nitrogens with zero attached hydrogens (tertiary/aromatic N) is 1. The number of benzene rings is 1. The fraction of sp³-hybridized carbons (Fsp3) is 0.600. The van der Waals surface area contributed by atoms with Gasteiger partial charge >= 0.3 is 0 Å². The largest absolute Gasteiger partial charge is 0.491 e. The number of likely N-dealkylation sites (N-methyl/N-ethyl adjacent to an activating group) is 1. The highest BCUT2D eigenvalue weighted by molar-refractivity contribution is 9.10. The third-order valence-electron chi connectivity index (χ3n) is 2.87. The van der Waals surface area contributed by atoms with E-state index >= 15 is 0 Å². The van der Waals surface area contributed by atoms with Crippen LogP contribution >= 0.6 is 15.9 Å². The average molecular weight is 393 g/mol. The number of rotatable bonds is 8. The average Bonchev–Trinajstić information content (AvgIpc) is 2.28. The highest BCUT2D eigenvalue weighted by Gasteiger charge is 2.16. The molecule has 0 aromatic heterocycles. The standard InChI is InChI=1S/C15H25BrN2O3S/c1-15(2,17)11-18(3)10-12-6-5-7-13(16)14(12)21-8-9-22(4,19)20/h5-7H,8-11,17H2,1-4H3. The molecule has 0 aliphatic rings. The number of nitrogens with two attached hydrogens (primary N) is 1. The zero-order valence-corrected chi connectivity index (χ0v) is 16.0. The van der Waals surface area contributed by atoms with E-state index in [2.05, 4.69) is 20.8 Å². The molecule has 0 amide bonds. The maximum atomic E-state index is 11.2. The van der Waals surface area contributed by atoms with E-state index in [1.807, 2.05) is 39.1 Å². The van der Waals surface area contributed by atoms with E-state index in [0.29, 0.717) is 12.3 Å². The van der Waals surface area contributed by atoms with E-state index < -0.39 is 9.84 Å². The van der Waals surface area contributed by atoms with Crippen molar-refractivity contribution in [2.75, 3.05) is 32.2 Å². The van der Waals surface area contributed by atoms with Crippen LogP contribution in [0.2, 0.25) is 0 Å². The van der Waals surface area contributed by atoms with Crippen LogP contribution in [0.5, 0.6) is 5.75 Å². The first kappa shape index (κ1) is 19.4. The van der Waals surface area contributed by atoms with Gasteiger partial charge in [0.1, 0.15) is 12.4 Å². The maximum absolute atomic E-state index is 11.2. The SMILES string of the molecule is CN(Cc1cccc(Br)c1OCCS(C)(=O)=O)CC(C)(C)N. The van der Waals surface area contributed by atoms with E-state index in [1.165, 1.54) is 6.26 Å². The molecule has 0 unspecified atom stereocenters. The minimum Gasteiger partial charge on any atom is -0.491 e. The van der Waals surface area contributed by atoms with Gasteiger partial charge in [-0.1, -0.05) is 12.1 Å². The highest BCUT2D eigenvalue weighted by atomic mass is 79.9. The molecular formula is C15H25BrN2O3S. The van der Waals surface area contributed by atoms with Crippen molar-refractivity contribution in [1.82, 2.24) is 4.90 Å². The Balaban J connectivity index is 2.80. The van der Waals surface area contributed by atoms with Crippen molar-refractivity contribution in [3.63, 3.8) is 0 Å². The van der Waals surface area contributed by atoms with E-state index in [9.17, 15) is 8.42 Å². The van der Waals surface area contributed by atoms with Gasteiger partial charge < -0.3 is 15.4 Å². The number of para-hydroxylation sites is 1. The van der Waals surface area contributed by atoms with Gasteiger partial charge in [-0.3, -0.25) is 0 Å². The molecule has 0 aliphatic heterocycles. The van der Waals surface area contributed by atoms with Gasteiger partial charge in [-0.25, -0.2) is 8.42 Å². The van der Waals surface area contributed by atoms with Crippen LogP contribution in [-0.4, -0.2) is 51.1 Å². The minimum atomic E-state index is -3.03. The van der Waals surface area contributed by atoms with Gasteiger partial charge in [0.05, 0.1) is 10.2 Å². The second-order valence-corrected chi connectivity index (χ2v) is 9.48. The van der Waals surface area contributed by atoms with E-state index in [0.717, 1.165) is 16.6 Å². The molecule has 0 atom stereocenters. The molecule has 0 aliphatic carbocycles. The lowest BCUT2D eigenvalue weighted by atomic mass is 10.1. The Kier molecular flexibility index (Phi) is 6.85. The zero-order valence-electron chi connectivity index (χ0n) is 13.6. The number of hydrogen-bond donors (Lipinski definition) is 1. The molecule has 7 heteroatoms. The van der Waals surface area contributed by atoms with Gasteiger partial charge in [0.2, 0.25) is 0 Å². The summed E-state index contributed by atoms with van der Waals surface area (Å²) in [6.45, 7) is 5.51. The first-order valence-corrected chi connectivity index (χ1v) is 9.89. The number of ether oxygens (including phenoxy) is 1. The van der Waals surface area contributed by atoms with E-state index in [-0.39, 0.29) is 17.9 Å². The molecule has 1 rings (SSSR count). The van der Waals surface area contributed by atoms with Gasteiger partial charge in [-0.15, -0.1) is 0 Å². The van der Waals surface area contributed by atoms with Gasteiger partial charge in [-0.2, -0.15) is 0 Å². The molecule has 2 N–H and O–H groups in total. The third-order valence-corrected chi connectivity index (χ3v) is 4.40. The lowest BCUT2D eigenvalue weighted by molar-refractivity contribution is 0.256. The Hall–Kier alpha value is -0.630. The van der Waals surface area contributed by atoms with Crippen LogP contribution < -0.4 is 10.5 Å². The molecule has 0 saturated heterocycles. The zero-order chi connectivity index (χ0) is 17.0. The molecule has 126 valence electrons. The summed E-state index contributed by atoms with van der Waals surface area (Å²) in [5.41, 5.74) is 6.75. The smallest absolute Gasteiger partial charge is 0.150 e. The van der Waals surface area contributed by atoms with Crippen LogP contribution in [0.3, 0.4) is 0 Å². The van der Waals surface area contributed by atoms with Crippen LogP contribution in [0.25, 0.3) is 0 Å². The van der Waals surface area contributed by atoms with Crippen LogP contribution in [0.15, 0.2) is 22.7 Å². The normalized spacial score (nSPS) is 12.7. The van der Waals surface area contributed by atoms with Crippen molar-refractivity contribution in [2.24, 2.45) is 5.73 Å². The van der Waals surface area contributed by atoms with Gasteiger partial charge in [0.25, 0.3) is 0 Å². The van der Waals surface area contributed by atoms with Crippen molar-refractivity contribution in [1.29, 1.82) is 0 Å². The Labute approximate surface area is 141 Å². The number of sulfone groups is 1. The molecule has 0 saturated carbocycles. The number of hydrogen-bond acceptors (Lipinski definition) is 5. The molecule has 22 heavy (non-hydrogen) atoms. The van der Waals surface area contributed by atoms with Crippen molar-refractivity contribution >= 4 is 25.8 Å². The van der Waals surface area contributed by atoms with Crippen LogP contribution in [0.4, 0.5) is 0 Å². The summed E-state index contributed by atoms with van der Waals surface area (Å²) < 4.78 is 28.9. The monoisotopic (exact) mass is 392 g/mol. The molecule has 0 bridgehead atoms. The summed E-state index contributed by atoms with van der Waals surface area (Å²) in [6.07, 6.45) is 1.20. The van der Waals surface area contributed by atoms with Gasteiger partial charge in [0, 0.05) is 30.4 Å². The topological polar surface area (TPSA) is 72.6 Å². The molecule has 0 spiro atoms. The second kappa shape index (κ2) is 7.77. The Bertz CT molecular complexity index is 597. The lowest BCUT2D eigenvalue weighted by Gasteiger charge is -2.27. The predicted molar refractivity (Wildman–Crippen MR) is 93.9 cm³/mol. The Morgan fingerprint density at radius 2 is 2.00 bits per heavy atom. The van der Waals surface area contributed by atoms with Crippen LogP contribution in [0.1, 0.15) is 19.4 Å². The third kappa shape index (κ3) is 7.58. The number of halogens is 1. The fourth-order valence-electron chi connectivity index (χ4n) is 2.18. The molecule has 0 radical (unpaired) electrons. The fourth-order valence-corrected chi connectivity index (χ4v) is 3.08. The summed E-state index contributed by atoms with van der Waals surface area (Å²) in [7, 11) is -1.04. The first-order chi connectivity index (χ1) is 9.98. The lowest BCUT2D eigenvalue weighted by Crippen LogP contribution is -2.43. The van der Waals surface area contributed by atoms with E-state index in [1.54, 1.807) is 0 Å². The van der Waals surface area contributed by atoms with E-state index in [4.69, 9.17) is 10.5 Å². The molecule has 0 heterocycles. The molecular weight excluding hydrogens is 368 g/mol. The maximum Gasteiger partial charge on any atom is 0.150 e. The molecule has 0 fully saturated rings. The predicted octanol–water partition coefficient (Wildman–Crippen LogP) is 2.04. The minimum absolute atomic E-state index is 0.000551. The summed E-state index contributed by atoms with van der Waals surface area (Å²) in [4.78, 5) is 2.12. The summed E-state index contributed by atoms with van der Waals surface area (Å²) >= 11 is 3.46. The summed E-state index contributed by atoms with van der Waals surface area (Å²) in [5, 5.41) is 0. The quantitative estimate of drug-likeness (QED) is 0.732. The molecule has 1 aromatic carbocycles. The Morgan fingerprint density at radius 3 is 2.55 bits per heavy atom. The summed E-state index contributed by atoms with van der Waals surface area (Å²) in [6, 6.07) is 5.79. The summed E-state index contributed by atoms with van der Waals surface area (Å²) in [5.74, 6) is 0.687. The van der Waals surface area contributed by atoms with Crippen molar-refractivity contribution in [3.05, 3.63) is 28.2 Å². The first-order valence-electron chi connectivity index (χ1n) is 7.03.